The lowest BCUT2D eigenvalue weighted by Crippen LogP contribution is -2.30. The van der Waals surface area contributed by atoms with Gasteiger partial charge in [0.1, 0.15) is 5.69 Å². The summed E-state index contributed by atoms with van der Waals surface area (Å²) in [5, 5.41) is 7.80. The molecule has 1 aromatic heterocycles. The molecule has 2 heterocycles. The Bertz CT molecular complexity index is 360. The summed E-state index contributed by atoms with van der Waals surface area (Å²) in [4.78, 5) is 13.0. The van der Waals surface area contributed by atoms with Crippen LogP contribution in [-0.2, 0) is 11.8 Å². The zero-order chi connectivity index (χ0) is 10.3. The Labute approximate surface area is 81.7 Å². The molecule has 6 nitrogen and oxygen atoms in total. The zero-order valence-corrected chi connectivity index (χ0v) is 8.21. The number of hydrogen-bond donors (Lipinski definition) is 1. The van der Waals surface area contributed by atoms with Gasteiger partial charge in [0.2, 0.25) is 5.91 Å². The predicted octanol–water partition coefficient (Wildman–Crippen LogP) is -0.954. The standard InChI is InChI=1S/C8H13N5O/c1-12-4-6(10-11-12)8-5(9)3-7(14)13(8)2/h4-5,8H,3,9H2,1-2H3/t5-,8-/m1/s1. The highest BCUT2D eigenvalue weighted by Crippen LogP contribution is 2.28. The van der Waals surface area contributed by atoms with Crippen molar-refractivity contribution in [1.29, 1.82) is 0 Å². The van der Waals surface area contributed by atoms with E-state index in [4.69, 9.17) is 5.73 Å². The van der Waals surface area contributed by atoms with E-state index in [1.54, 1.807) is 29.9 Å². The lowest BCUT2D eigenvalue weighted by molar-refractivity contribution is -0.127. The number of nitrogens with zero attached hydrogens (tertiary/aromatic N) is 4. The predicted molar refractivity (Wildman–Crippen MR) is 49.1 cm³/mol. The van der Waals surface area contributed by atoms with E-state index >= 15 is 0 Å². The molecule has 76 valence electrons. The fourth-order valence-corrected chi connectivity index (χ4v) is 1.82. The third kappa shape index (κ3) is 1.27. The zero-order valence-electron chi connectivity index (χ0n) is 8.21. The molecule has 2 N–H and O–H groups in total. The minimum Gasteiger partial charge on any atom is -0.335 e. The van der Waals surface area contributed by atoms with Crippen LogP contribution in [0.25, 0.3) is 0 Å². The molecule has 2 rings (SSSR count). The van der Waals surface area contributed by atoms with Crippen LogP contribution in [-0.4, -0.2) is 38.9 Å². The topological polar surface area (TPSA) is 77.0 Å². The number of nitrogens with two attached hydrogens (primary N) is 1. The molecule has 2 atom stereocenters. The molecule has 0 aromatic carbocycles. The second-order valence-electron chi connectivity index (χ2n) is 3.63. The van der Waals surface area contributed by atoms with Gasteiger partial charge in [-0.1, -0.05) is 5.21 Å². The van der Waals surface area contributed by atoms with Gasteiger partial charge in [-0.25, -0.2) is 0 Å². The summed E-state index contributed by atoms with van der Waals surface area (Å²) in [5.74, 6) is 0.0631. The average molecular weight is 195 g/mol. The highest BCUT2D eigenvalue weighted by molar-refractivity contribution is 5.79. The van der Waals surface area contributed by atoms with E-state index in [0.29, 0.717) is 6.42 Å². The molecule has 0 aliphatic carbocycles. The minimum absolute atomic E-state index is 0.0631. The fourth-order valence-electron chi connectivity index (χ4n) is 1.82. The molecule has 0 radical (unpaired) electrons. The van der Waals surface area contributed by atoms with E-state index in [1.165, 1.54) is 0 Å². The van der Waals surface area contributed by atoms with Crippen LogP contribution in [0, 0.1) is 0 Å². The Morgan fingerprint density at radius 3 is 2.71 bits per heavy atom. The first-order chi connectivity index (χ1) is 6.59. The van der Waals surface area contributed by atoms with Gasteiger partial charge in [-0.15, -0.1) is 5.10 Å². The van der Waals surface area contributed by atoms with Crippen LogP contribution in [0.15, 0.2) is 6.20 Å². The first kappa shape index (κ1) is 9.14. The van der Waals surface area contributed by atoms with Crippen molar-refractivity contribution >= 4 is 5.91 Å². The Morgan fingerprint density at radius 2 is 2.29 bits per heavy atom. The van der Waals surface area contributed by atoms with Gasteiger partial charge in [-0.05, 0) is 0 Å². The smallest absolute Gasteiger partial charge is 0.224 e. The van der Waals surface area contributed by atoms with Gasteiger partial charge in [-0.2, -0.15) is 0 Å². The van der Waals surface area contributed by atoms with E-state index in [1.807, 2.05) is 0 Å². The highest BCUT2D eigenvalue weighted by Gasteiger charge is 2.37. The van der Waals surface area contributed by atoms with E-state index in [9.17, 15) is 4.79 Å². The molecule has 1 amide bonds. The summed E-state index contributed by atoms with van der Waals surface area (Å²) in [7, 11) is 3.54. The maximum absolute atomic E-state index is 11.4. The number of rotatable bonds is 1. The lowest BCUT2D eigenvalue weighted by atomic mass is 10.1. The number of likely N-dealkylation sites (tertiary alicyclic amines) is 1. The average Bonchev–Trinajstić information content (AvgIpc) is 2.60. The van der Waals surface area contributed by atoms with Crippen molar-refractivity contribution in [3.63, 3.8) is 0 Å². The summed E-state index contributed by atoms with van der Waals surface area (Å²) >= 11 is 0. The van der Waals surface area contributed by atoms with Crippen molar-refractivity contribution in [3.05, 3.63) is 11.9 Å². The van der Waals surface area contributed by atoms with Crippen molar-refractivity contribution in [1.82, 2.24) is 19.9 Å². The van der Waals surface area contributed by atoms with Crippen LogP contribution < -0.4 is 5.73 Å². The number of hydrogen-bond acceptors (Lipinski definition) is 4. The molecule has 1 saturated heterocycles. The Kier molecular flexibility index (Phi) is 1.99. The van der Waals surface area contributed by atoms with Crippen LogP contribution in [0.2, 0.25) is 0 Å². The first-order valence-corrected chi connectivity index (χ1v) is 4.47. The number of carbonyl (C=O) groups is 1. The van der Waals surface area contributed by atoms with Gasteiger partial charge in [0.25, 0.3) is 0 Å². The SMILES string of the molecule is CN1C(=O)C[C@@H](N)[C@@H]1c1cn(C)nn1. The van der Waals surface area contributed by atoms with Gasteiger partial charge < -0.3 is 10.6 Å². The number of likely N-dealkylation sites (N-methyl/N-ethyl adjacent to an activating group) is 1. The second-order valence-corrected chi connectivity index (χ2v) is 3.63. The van der Waals surface area contributed by atoms with Gasteiger partial charge in [0.15, 0.2) is 0 Å². The largest absolute Gasteiger partial charge is 0.335 e. The van der Waals surface area contributed by atoms with Crippen LogP contribution in [0.1, 0.15) is 18.2 Å². The molecule has 1 aliphatic heterocycles. The fraction of sp³-hybridized carbons (Fsp3) is 0.625. The Balaban J connectivity index is 2.30. The summed E-state index contributed by atoms with van der Waals surface area (Å²) in [5.41, 5.74) is 6.62. The summed E-state index contributed by atoms with van der Waals surface area (Å²) < 4.78 is 1.61. The quantitative estimate of drug-likeness (QED) is 0.626. The summed E-state index contributed by atoms with van der Waals surface area (Å²) in [6.07, 6.45) is 2.18. The van der Waals surface area contributed by atoms with Crippen LogP contribution >= 0.6 is 0 Å². The molecule has 0 saturated carbocycles. The molecule has 0 spiro atoms. The number of aryl methyl sites for hydroxylation is 1. The molecular formula is C8H13N5O. The van der Waals surface area contributed by atoms with Crippen LogP contribution in [0.4, 0.5) is 0 Å². The van der Waals surface area contributed by atoms with E-state index < -0.39 is 0 Å². The number of amides is 1. The number of carbonyl (C=O) groups excluding carboxylic acids is 1. The highest BCUT2D eigenvalue weighted by atomic mass is 16.2. The second kappa shape index (κ2) is 3.06. The van der Waals surface area contributed by atoms with E-state index in [-0.39, 0.29) is 18.0 Å². The van der Waals surface area contributed by atoms with Crippen molar-refractivity contribution in [3.8, 4) is 0 Å². The molecule has 6 heteroatoms. The van der Waals surface area contributed by atoms with E-state index in [0.717, 1.165) is 5.69 Å². The van der Waals surface area contributed by atoms with Gasteiger partial charge >= 0.3 is 0 Å². The van der Waals surface area contributed by atoms with Crippen LogP contribution in [0.3, 0.4) is 0 Å². The maximum atomic E-state index is 11.4. The molecule has 1 fully saturated rings. The van der Waals surface area contributed by atoms with Crippen molar-refractivity contribution < 1.29 is 4.79 Å². The molecule has 14 heavy (non-hydrogen) atoms. The first-order valence-electron chi connectivity index (χ1n) is 4.47. The normalized spacial score (nSPS) is 27.4. The molecule has 1 aliphatic rings. The Hall–Kier alpha value is -1.43. The third-order valence-electron chi connectivity index (χ3n) is 2.55. The number of aromatic nitrogens is 3. The van der Waals surface area contributed by atoms with Crippen molar-refractivity contribution in [2.24, 2.45) is 12.8 Å². The van der Waals surface area contributed by atoms with Gasteiger partial charge in [0, 0.05) is 26.6 Å². The third-order valence-corrected chi connectivity index (χ3v) is 2.55. The molecular weight excluding hydrogens is 182 g/mol. The minimum atomic E-state index is -0.177. The van der Waals surface area contributed by atoms with Gasteiger partial charge in [0.05, 0.1) is 12.2 Å². The van der Waals surface area contributed by atoms with E-state index in [2.05, 4.69) is 10.3 Å². The summed E-state index contributed by atoms with van der Waals surface area (Å²) in [6.45, 7) is 0. The van der Waals surface area contributed by atoms with Gasteiger partial charge in [-0.3, -0.25) is 9.48 Å². The monoisotopic (exact) mass is 195 g/mol. The van der Waals surface area contributed by atoms with Crippen molar-refractivity contribution in [2.75, 3.05) is 7.05 Å². The molecule has 0 unspecified atom stereocenters. The Morgan fingerprint density at radius 1 is 1.57 bits per heavy atom. The lowest BCUT2D eigenvalue weighted by Gasteiger charge is -2.19. The molecule has 1 aromatic rings. The molecule has 0 bridgehead atoms. The van der Waals surface area contributed by atoms with Crippen molar-refractivity contribution in [2.45, 2.75) is 18.5 Å². The summed E-state index contributed by atoms with van der Waals surface area (Å²) in [6, 6.07) is -0.305. The van der Waals surface area contributed by atoms with Crippen LogP contribution in [0.5, 0.6) is 0 Å². The maximum Gasteiger partial charge on any atom is 0.224 e.